The molecule has 140 valence electrons. The van der Waals surface area contributed by atoms with Crippen LogP contribution in [-0.4, -0.2) is 46.3 Å². The molecule has 5 nitrogen and oxygen atoms in total. The van der Waals surface area contributed by atoms with Crippen LogP contribution in [0.5, 0.6) is 5.75 Å². The number of nitrogens with zero attached hydrogens (tertiary/aromatic N) is 2. The monoisotopic (exact) mass is 346 g/mol. The van der Waals surface area contributed by atoms with E-state index < -0.39 is 0 Å². The molecule has 1 aliphatic heterocycles. The van der Waals surface area contributed by atoms with Crippen LogP contribution in [0.2, 0.25) is 0 Å². The Morgan fingerprint density at radius 2 is 2.04 bits per heavy atom. The van der Waals surface area contributed by atoms with E-state index in [4.69, 9.17) is 4.74 Å². The first kappa shape index (κ1) is 19.4. The number of aliphatic imine (C=N–C) groups is 1. The minimum Gasteiger partial charge on any atom is -0.495 e. The average Bonchev–Trinajstić information content (AvgIpc) is 3.13. The van der Waals surface area contributed by atoms with Crippen molar-refractivity contribution in [3.8, 4) is 5.75 Å². The largest absolute Gasteiger partial charge is 0.495 e. The second-order valence-electron chi connectivity index (χ2n) is 6.79. The molecule has 0 spiro atoms. The number of anilines is 1. The highest BCUT2D eigenvalue weighted by molar-refractivity contribution is 5.79. The minimum atomic E-state index is 0.622. The van der Waals surface area contributed by atoms with Crippen molar-refractivity contribution in [2.24, 2.45) is 16.8 Å². The van der Waals surface area contributed by atoms with Gasteiger partial charge in [0.05, 0.1) is 12.8 Å². The van der Waals surface area contributed by atoms with Crippen molar-refractivity contribution in [3.63, 3.8) is 0 Å². The topological polar surface area (TPSA) is 48.9 Å². The summed E-state index contributed by atoms with van der Waals surface area (Å²) in [5, 5.41) is 6.96. The number of nitrogens with one attached hydrogen (secondary N) is 2. The molecule has 1 atom stereocenters. The van der Waals surface area contributed by atoms with Crippen molar-refractivity contribution < 1.29 is 4.74 Å². The fourth-order valence-corrected chi connectivity index (χ4v) is 3.39. The lowest BCUT2D eigenvalue weighted by Gasteiger charge is -2.22. The van der Waals surface area contributed by atoms with Crippen LogP contribution in [0.25, 0.3) is 0 Å². The molecular weight excluding hydrogens is 312 g/mol. The summed E-state index contributed by atoms with van der Waals surface area (Å²) in [5.41, 5.74) is 1.20. The number of methoxy groups -OCH3 is 1. The maximum atomic E-state index is 5.50. The second kappa shape index (κ2) is 10.2. The number of hydrogen-bond donors (Lipinski definition) is 2. The van der Waals surface area contributed by atoms with Crippen molar-refractivity contribution in [2.45, 2.75) is 33.1 Å². The molecule has 1 aromatic carbocycles. The van der Waals surface area contributed by atoms with Gasteiger partial charge in [-0.3, -0.25) is 4.99 Å². The lowest BCUT2D eigenvalue weighted by atomic mass is 10.0. The van der Waals surface area contributed by atoms with Crippen LogP contribution < -0.4 is 20.3 Å². The average molecular weight is 347 g/mol. The van der Waals surface area contributed by atoms with E-state index in [-0.39, 0.29) is 0 Å². The van der Waals surface area contributed by atoms with Gasteiger partial charge in [0.1, 0.15) is 5.75 Å². The molecule has 2 N–H and O–H groups in total. The first-order valence-electron chi connectivity index (χ1n) is 9.54. The van der Waals surface area contributed by atoms with E-state index in [2.05, 4.69) is 46.5 Å². The number of benzene rings is 1. The molecule has 0 aliphatic carbocycles. The number of rotatable bonds is 8. The zero-order chi connectivity index (χ0) is 18.1. The third-order valence-electron chi connectivity index (χ3n) is 5.21. The lowest BCUT2D eigenvalue weighted by molar-refractivity contribution is 0.414. The molecule has 0 saturated carbocycles. The molecule has 1 heterocycles. The van der Waals surface area contributed by atoms with Gasteiger partial charge in [-0.15, -0.1) is 0 Å². The Balaban J connectivity index is 1.80. The Kier molecular flexibility index (Phi) is 7.89. The Bertz CT molecular complexity index is 542. The van der Waals surface area contributed by atoms with E-state index in [0.29, 0.717) is 11.8 Å². The van der Waals surface area contributed by atoms with Gasteiger partial charge in [0.2, 0.25) is 0 Å². The summed E-state index contributed by atoms with van der Waals surface area (Å²) in [7, 11) is 3.58. The smallest absolute Gasteiger partial charge is 0.190 e. The van der Waals surface area contributed by atoms with Gasteiger partial charge in [-0.25, -0.2) is 0 Å². The van der Waals surface area contributed by atoms with Crippen molar-refractivity contribution in [3.05, 3.63) is 24.3 Å². The normalized spacial score (nSPS) is 17.9. The molecule has 1 aliphatic rings. The fraction of sp³-hybridized carbons (Fsp3) is 0.650. The van der Waals surface area contributed by atoms with Crippen molar-refractivity contribution >= 4 is 11.6 Å². The van der Waals surface area contributed by atoms with E-state index >= 15 is 0 Å². The Morgan fingerprint density at radius 1 is 1.28 bits per heavy atom. The van der Waals surface area contributed by atoms with E-state index in [1.165, 1.54) is 24.9 Å². The van der Waals surface area contributed by atoms with Crippen LogP contribution in [-0.2, 0) is 0 Å². The van der Waals surface area contributed by atoms with Crippen molar-refractivity contribution in [1.29, 1.82) is 0 Å². The maximum absolute atomic E-state index is 5.50. The summed E-state index contributed by atoms with van der Waals surface area (Å²) in [4.78, 5) is 6.78. The molecule has 0 aromatic heterocycles. The van der Waals surface area contributed by atoms with Crippen LogP contribution in [0.4, 0.5) is 5.69 Å². The quantitative estimate of drug-likeness (QED) is 0.561. The first-order valence-corrected chi connectivity index (χ1v) is 9.54. The molecule has 5 heteroatoms. The lowest BCUT2D eigenvalue weighted by Crippen LogP contribution is -2.42. The van der Waals surface area contributed by atoms with Gasteiger partial charge in [-0.1, -0.05) is 38.8 Å². The summed E-state index contributed by atoms with van der Waals surface area (Å²) in [6.45, 7) is 8.57. The Labute approximate surface area is 152 Å². The Morgan fingerprint density at radius 3 is 2.72 bits per heavy atom. The third kappa shape index (κ3) is 5.55. The van der Waals surface area contributed by atoms with E-state index in [1.54, 1.807) is 7.11 Å². The van der Waals surface area contributed by atoms with Gasteiger partial charge in [-0.05, 0) is 30.4 Å². The van der Waals surface area contributed by atoms with Gasteiger partial charge in [0.15, 0.2) is 5.96 Å². The molecule has 0 amide bonds. The molecular formula is C20H34N4O. The standard InChI is InChI=1S/C20H34N4O/c1-5-16(6-2)13-22-20(21-3)23-14-17-11-12-24(15-17)18-9-7-8-10-19(18)25-4/h7-10,16-17H,5-6,11-15H2,1-4H3,(H2,21,22,23). The number of guanidine groups is 1. The molecule has 25 heavy (non-hydrogen) atoms. The molecule has 1 unspecified atom stereocenters. The number of ether oxygens (including phenoxy) is 1. The molecule has 2 rings (SSSR count). The summed E-state index contributed by atoms with van der Waals surface area (Å²) in [5.74, 6) is 3.21. The maximum Gasteiger partial charge on any atom is 0.190 e. The first-order chi connectivity index (χ1) is 12.2. The zero-order valence-corrected chi connectivity index (χ0v) is 16.2. The van der Waals surface area contributed by atoms with Crippen LogP contribution in [0.15, 0.2) is 29.3 Å². The Hall–Kier alpha value is -1.91. The fourth-order valence-electron chi connectivity index (χ4n) is 3.39. The van der Waals surface area contributed by atoms with E-state index in [0.717, 1.165) is 37.9 Å². The van der Waals surface area contributed by atoms with E-state index in [1.807, 2.05) is 19.2 Å². The summed E-state index contributed by atoms with van der Waals surface area (Å²) >= 11 is 0. The summed E-state index contributed by atoms with van der Waals surface area (Å²) in [6.07, 6.45) is 3.60. The molecule has 1 aromatic rings. The van der Waals surface area contributed by atoms with Crippen molar-refractivity contribution in [1.82, 2.24) is 10.6 Å². The van der Waals surface area contributed by atoms with Gasteiger partial charge >= 0.3 is 0 Å². The number of hydrogen-bond acceptors (Lipinski definition) is 3. The van der Waals surface area contributed by atoms with E-state index in [9.17, 15) is 0 Å². The molecule has 0 radical (unpaired) electrons. The highest BCUT2D eigenvalue weighted by atomic mass is 16.5. The van der Waals surface area contributed by atoms with Gasteiger partial charge < -0.3 is 20.3 Å². The highest BCUT2D eigenvalue weighted by Gasteiger charge is 2.24. The van der Waals surface area contributed by atoms with Gasteiger partial charge in [-0.2, -0.15) is 0 Å². The SMILES string of the molecule is CCC(CC)CNC(=NC)NCC1CCN(c2ccccc2OC)C1. The van der Waals surface area contributed by atoms with Crippen LogP contribution in [0, 0.1) is 11.8 Å². The predicted octanol–water partition coefficient (Wildman–Crippen LogP) is 3.12. The summed E-state index contributed by atoms with van der Waals surface area (Å²) < 4.78 is 5.50. The second-order valence-corrected chi connectivity index (χ2v) is 6.79. The summed E-state index contributed by atoms with van der Waals surface area (Å²) in [6, 6.07) is 8.27. The van der Waals surface area contributed by atoms with Gasteiger partial charge in [0.25, 0.3) is 0 Å². The molecule has 1 saturated heterocycles. The molecule has 0 bridgehead atoms. The van der Waals surface area contributed by atoms with Crippen molar-refractivity contribution in [2.75, 3.05) is 45.2 Å². The van der Waals surface area contributed by atoms with Crippen LogP contribution >= 0.6 is 0 Å². The van der Waals surface area contributed by atoms with Crippen LogP contribution in [0.1, 0.15) is 33.1 Å². The molecule has 1 fully saturated rings. The minimum absolute atomic E-state index is 0.622. The highest BCUT2D eigenvalue weighted by Crippen LogP contribution is 2.31. The number of para-hydroxylation sites is 2. The zero-order valence-electron chi connectivity index (χ0n) is 16.2. The van der Waals surface area contributed by atoms with Gasteiger partial charge in [0, 0.05) is 33.2 Å². The van der Waals surface area contributed by atoms with Crippen LogP contribution in [0.3, 0.4) is 0 Å². The third-order valence-corrected chi connectivity index (χ3v) is 5.21. The predicted molar refractivity (Wildman–Crippen MR) is 107 cm³/mol.